The van der Waals surface area contributed by atoms with E-state index >= 15 is 0 Å². The summed E-state index contributed by atoms with van der Waals surface area (Å²) in [6.45, 7) is 2.27. The van der Waals surface area contributed by atoms with Gasteiger partial charge in [0.25, 0.3) is 0 Å². The van der Waals surface area contributed by atoms with Crippen LogP contribution in [0.25, 0.3) is 0 Å². The number of piperidine rings is 1. The average Bonchev–Trinajstić information content (AvgIpc) is 3.02. The molecule has 1 fully saturated rings. The van der Waals surface area contributed by atoms with Crippen LogP contribution in [0.3, 0.4) is 0 Å². The van der Waals surface area contributed by atoms with Gasteiger partial charge in [-0.3, -0.25) is 9.69 Å². The van der Waals surface area contributed by atoms with E-state index in [1.54, 1.807) is 12.5 Å². The third-order valence-corrected chi connectivity index (χ3v) is 4.34. The van der Waals surface area contributed by atoms with E-state index in [0.717, 1.165) is 30.8 Å². The molecule has 0 saturated carbocycles. The molecule has 1 aliphatic heterocycles. The Balaban J connectivity index is 1.73. The number of aliphatic carboxylic acids is 1. The van der Waals surface area contributed by atoms with Gasteiger partial charge in [-0.25, -0.2) is 0 Å². The molecular formula is C16H18N2O3. The largest absolute Gasteiger partial charge is 0.481 e. The number of carboxylic acid groups (broad SMARTS) is 1. The molecule has 110 valence electrons. The first-order valence-electron chi connectivity index (χ1n) is 7.10. The van der Waals surface area contributed by atoms with Crippen LogP contribution in [-0.4, -0.2) is 34.2 Å². The zero-order valence-electron chi connectivity index (χ0n) is 11.7. The molecule has 21 heavy (non-hydrogen) atoms. The molecule has 1 N–H and O–H groups in total. The van der Waals surface area contributed by atoms with E-state index in [2.05, 4.69) is 10.1 Å². The van der Waals surface area contributed by atoms with Gasteiger partial charge in [-0.2, -0.15) is 0 Å². The van der Waals surface area contributed by atoms with Gasteiger partial charge in [-0.15, -0.1) is 0 Å². The fourth-order valence-corrected chi connectivity index (χ4v) is 3.04. The maximum absolute atomic E-state index is 11.9. The highest BCUT2D eigenvalue weighted by Crippen LogP contribution is 2.36. The van der Waals surface area contributed by atoms with Gasteiger partial charge in [0.1, 0.15) is 6.26 Å². The summed E-state index contributed by atoms with van der Waals surface area (Å²) in [7, 11) is 0. The van der Waals surface area contributed by atoms with Gasteiger partial charge in [0, 0.05) is 12.1 Å². The van der Waals surface area contributed by atoms with Gasteiger partial charge in [0.2, 0.25) is 0 Å². The molecule has 2 heterocycles. The van der Waals surface area contributed by atoms with Crippen molar-refractivity contribution in [2.75, 3.05) is 13.1 Å². The molecule has 0 atom stereocenters. The predicted octanol–water partition coefficient (Wildman–Crippen LogP) is 2.29. The summed E-state index contributed by atoms with van der Waals surface area (Å²) in [4.78, 5) is 14.1. The number of rotatable bonds is 4. The Morgan fingerprint density at radius 3 is 2.57 bits per heavy atom. The van der Waals surface area contributed by atoms with Crippen molar-refractivity contribution in [2.45, 2.75) is 24.8 Å². The number of nitrogens with zero attached hydrogens (tertiary/aromatic N) is 2. The quantitative estimate of drug-likeness (QED) is 0.934. The topological polar surface area (TPSA) is 66.6 Å². The zero-order valence-corrected chi connectivity index (χ0v) is 11.7. The molecule has 0 spiro atoms. The minimum atomic E-state index is -0.758. The number of aromatic nitrogens is 1. The first kappa shape index (κ1) is 13.8. The van der Waals surface area contributed by atoms with Gasteiger partial charge >= 0.3 is 5.97 Å². The van der Waals surface area contributed by atoms with Crippen LogP contribution in [0.4, 0.5) is 0 Å². The summed E-state index contributed by atoms with van der Waals surface area (Å²) in [6, 6.07) is 9.57. The molecule has 1 aliphatic rings. The smallest absolute Gasteiger partial charge is 0.314 e. The van der Waals surface area contributed by atoms with E-state index in [0.29, 0.717) is 12.8 Å². The maximum Gasteiger partial charge on any atom is 0.314 e. The second kappa shape index (κ2) is 5.69. The first-order chi connectivity index (χ1) is 10.2. The molecule has 1 saturated heterocycles. The molecule has 1 aromatic heterocycles. The van der Waals surface area contributed by atoms with Crippen molar-refractivity contribution in [3.05, 3.63) is 53.9 Å². The molecule has 0 radical (unpaired) electrons. The minimum Gasteiger partial charge on any atom is -0.481 e. The Hall–Kier alpha value is -2.14. The molecule has 5 nitrogen and oxygen atoms in total. The van der Waals surface area contributed by atoms with E-state index in [4.69, 9.17) is 4.52 Å². The van der Waals surface area contributed by atoms with Crippen LogP contribution in [0.1, 0.15) is 24.0 Å². The Morgan fingerprint density at radius 1 is 1.29 bits per heavy atom. The predicted molar refractivity (Wildman–Crippen MR) is 76.8 cm³/mol. The lowest BCUT2D eigenvalue weighted by atomic mass is 9.73. The van der Waals surface area contributed by atoms with Crippen molar-refractivity contribution in [3.8, 4) is 0 Å². The monoisotopic (exact) mass is 286 g/mol. The summed E-state index contributed by atoms with van der Waals surface area (Å²) in [5.74, 6) is -0.724. The van der Waals surface area contributed by atoms with Crippen molar-refractivity contribution in [1.82, 2.24) is 10.1 Å². The van der Waals surface area contributed by atoms with Crippen LogP contribution in [-0.2, 0) is 16.8 Å². The highest BCUT2D eigenvalue weighted by Gasteiger charge is 2.42. The van der Waals surface area contributed by atoms with Crippen LogP contribution < -0.4 is 0 Å². The second-order valence-electron chi connectivity index (χ2n) is 5.56. The summed E-state index contributed by atoms with van der Waals surface area (Å²) in [5, 5.41) is 13.4. The number of benzene rings is 1. The number of hydrogen-bond acceptors (Lipinski definition) is 4. The van der Waals surface area contributed by atoms with Crippen LogP contribution in [0.2, 0.25) is 0 Å². The van der Waals surface area contributed by atoms with Crippen LogP contribution >= 0.6 is 0 Å². The highest BCUT2D eigenvalue weighted by atomic mass is 16.5. The molecule has 1 aromatic carbocycles. The Bertz CT molecular complexity index is 587. The third kappa shape index (κ3) is 2.69. The molecule has 0 amide bonds. The van der Waals surface area contributed by atoms with Crippen molar-refractivity contribution in [2.24, 2.45) is 0 Å². The van der Waals surface area contributed by atoms with Crippen molar-refractivity contribution in [3.63, 3.8) is 0 Å². The number of hydrogen-bond donors (Lipinski definition) is 1. The van der Waals surface area contributed by atoms with Crippen molar-refractivity contribution < 1.29 is 14.4 Å². The summed E-state index contributed by atoms with van der Waals surface area (Å²) >= 11 is 0. The lowest BCUT2D eigenvalue weighted by molar-refractivity contribution is -0.146. The molecule has 0 bridgehead atoms. The Kier molecular flexibility index (Phi) is 3.75. The van der Waals surface area contributed by atoms with E-state index < -0.39 is 11.4 Å². The lowest BCUT2D eigenvalue weighted by Gasteiger charge is -2.39. The molecule has 3 rings (SSSR count). The van der Waals surface area contributed by atoms with Gasteiger partial charge in [0.05, 0.1) is 11.6 Å². The summed E-state index contributed by atoms with van der Waals surface area (Å²) in [5.41, 5.74) is 1.17. The normalized spacial score (nSPS) is 18.5. The number of carbonyl (C=O) groups is 1. The fraction of sp³-hybridized carbons (Fsp3) is 0.375. The molecule has 5 heteroatoms. The van der Waals surface area contributed by atoms with Crippen molar-refractivity contribution >= 4 is 5.97 Å². The van der Waals surface area contributed by atoms with E-state index in [1.165, 1.54) is 0 Å². The van der Waals surface area contributed by atoms with Crippen LogP contribution in [0.15, 0.2) is 47.3 Å². The molecule has 0 unspecified atom stereocenters. The van der Waals surface area contributed by atoms with Gasteiger partial charge in [-0.1, -0.05) is 35.5 Å². The SMILES string of the molecule is O=C(O)C1(c2ccccc2)CCN(Cc2cnoc2)CC1. The molecular weight excluding hydrogens is 268 g/mol. The molecule has 0 aliphatic carbocycles. The summed E-state index contributed by atoms with van der Waals surface area (Å²) < 4.78 is 4.83. The van der Waals surface area contributed by atoms with Gasteiger partial charge in [-0.05, 0) is 31.5 Å². The van der Waals surface area contributed by atoms with Gasteiger partial charge in [0.15, 0.2) is 0 Å². The Labute approximate surface area is 123 Å². The lowest BCUT2D eigenvalue weighted by Crippen LogP contribution is -2.47. The highest BCUT2D eigenvalue weighted by molar-refractivity contribution is 5.81. The van der Waals surface area contributed by atoms with Crippen LogP contribution in [0, 0.1) is 0 Å². The van der Waals surface area contributed by atoms with Crippen molar-refractivity contribution in [1.29, 1.82) is 0 Å². The Morgan fingerprint density at radius 2 is 2.00 bits per heavy atom. The number of likely N-dealkylation sites (tertiary alicyclic amines) is 1. The van der Waals surface area contributed by atoms with Crippen LogP contribution in [0.5, 0.6) is 0 Å². The minimum absolute atomic E-state index is 0.623. The second-order valence-corrected chi connectivity index (χ2v) is 5.56. The van der Waals surface area contributed by atoms with E-state index in [-0.39, 0.29) is 0 Å². The number of carboxylic acids is 1. The average molecular weight is 286 g/mol. The first-order valence-corrected chi connectivity index (χ1v) is 7.10. The maximum atomic E-state index is 11.9. The molecule has 2 aromatic rings. The fourth-order valence-electron chi connectivity index (χ4n) is 3.04. The standard InChI is InChI=1S/C16H18N2O3/c19-15(20)16(14-4-2-1-3-5-14)6-8-18(9-7-16)11-13-10-17-21-12-13/h1-5,10,12H,6-9,11H2,(H,19,20). The zero-order chi connectivity index (χ0) is 14.7. The van der Waals surface area contributed by atoms with Gasteiger partial charge < -0.3 is 9.63 Å². The van der Waals surface area contributed by atoms with E-state index in [9.17, 15) is 9.90 Å². The summed E-state index contributed by atoms with van der Waals surface area (Å²) in [6.07, 6.45) is 4.59. The van der Waals surface area contributed by atoms with E-state index in [1.807, 2.05) is 30.3 Å². The third-order valence-electron chi connectivity index (χ3n) is 4.34.